The zero-order valence-electron chi connectivity index (χ0n) is 12.1. The maximum absolute atomic E-state index is 11.4. The SMILES string of the molecule is COC(=O)c1ccc(CNC(C)c2ccccc2Cl)cc1. The van der Waals surface area contributed by atoms with E-state index in [1.54, 1.807) is 12.1 Å². The highest BCUT2D eigenvalue weighted by Gasteiger charge is 2.09. The molecule has 0 saturated heterocycles. The highest BCUT2D eigenvalue weighted by molar-refractivity contribution is 6.31. The Labute approximate surface area is 129 Å². The molecule has 2 aromatic rings. The van der Waals surface area contributed by atoms with E-state index < -0.39 is 0 Å². The van der Waals surface area contributed by atoms with Crippen LogP contribution in [0.1, 0.15) is 34.5 Å². The zero-order chi connectivity index (χ0) is 15.2. The van der Waals surface area contributed by atoms with Crippen LogP contribution in [0.2, 0.25) is 5.02 Å². The van der Waals surface area contributed by atoms with Crippen molar-refractivity contribution < 1.29 is 9.53 Å². The van der Waals surface area contributed by atoms with Crippen LogP contribution in [0.25, 0.3) is 0 Å². The fourth-order valence-corrected chi connectivity index (χ4v) is 2.38. The summed E-state index contributed by atoms with van der Waals surface area (Å²) in [5, 5.41) is 4.18. The van der Waals surface area contributed by atoms with Gasteiger partial charge in [0.15, 0.2) is 0 Å². The molecule has 1 atom stereocenters. The summed E-state index contributed by atoms with van der Waals surface area (Å²) in [6.07, 6.45) is 0. The van der Waals surface area contributed by atoms with Crippen LogP contribution in [0.4, 0.5) is 0 Å². The third-order valence-corrected chi connectivity index (χ3v) is 3.70. The third kappa shape index (κ3) is 4.06. The van der Waals surface area contributed by atoms with E-state index >= 15 is 0 Å². The molecule has 0 heterocycles. The maximum Gasteiger partial charge on any atom is 0.337 e. The number of hydrogen-bond donors (Lipinski definition) is 1. The second-order valence-electron chi connectivity index (χ2n) is 4.81. The summed E-state index contributed by atoms with van der Waals surface area (Å²) in [7, 11) is 1.38. The number of esters is 1. The lowest BCUT2D eigenvalue weighted by molar-refractivity contribution is 0.0600. The van der Waals surface area contributed by atoms with Gasteiger partial charge in [-0.25, -0.2) is 4.79 Å². The van der Waals surface area contributed by atoms with E-state index in [0.717, 1.165) is 16.1 Å². The Morgan fingerprint density at radius 3 is 2.48 bits per heavy atom. The zero-order valence-corrected chi connectivity index (χ0v) is 12.9. The van der Waals surface area contributed by atoms with Gasteiger partial charge < -0.3 is 10.1 Å². The molecular weight excluding hydrogens is 286 g/mol. The summed E-state index contributed by atoms with van der Waals surface area (Å²) in [5.74, 6) is -0.320. The maximum atomic E-state index is 11.4. The Morgan fingerprint density at radius 1 is 1.19 bits per heavy atom. The van der Waals surface area contributed by atoms with Crippen LogP contribution in [0.3, 0.4) is 0 Å². The van der Waals surface area contributed by atoms with Gasteiger partial charge in [-0.2, -0.15) is 0 Å². The first kappa shape index (κ1) is 15.5. The standard InChI is InChI=1S/C17H18ClNO2/c1-12(15-5-3-4-6-16(15)18)19-11-13-7-9-14(10-8-13)17(20)21-2/h3-10,12,19H,11H2,1-2H3. The Morgan fingerprint density at radius 2 is 1.86 bits per heavy atom. The van der Waals surface area contributed by atoms with Crippen LogP contribution in [-0.4, -0.2) is 13.1 Å². The minimum atomic E-state index is -0.320. The van der Waals surface area contributed by atoms with Gasteiger partial charge in [0.1, 0.15) is 0 Å². The van der Waals surface area contributed by atoms with Gasteiger partial charge in [-0.1, -0.05) is 41.9 Å². The van der Waals surface area contributed by atoms with Gasteiger partial charge in [-0.15, -0.1) is 0 Å². The van der Waals surface area contributed by atoms with Crippen LogP contribution in [-0.2, 0) is 11.3 Å². The third-order valence-electron chi connectivity index (χ3n) is 3.36. The van der Waals surface area contributed by atoms with Crippen molar-refractivity contribution in [1.29, 1.82) is 0 Å². The second kappa shape index (κ2) is 7.25. The van der Waals surface area contributed by atoms with Gasteiger partial charge >= 0.3 is 5.97 Å². The van der Waals surface area contributed by atoms with Gasteiger partial charge in [0.25, 0.3) is 0 Å². The van der Waals surface area contributed by atoms with Crippen molar-refractivity contribution in [1.82, 2.24) is 5.32 Å². The lowest BCUT2D eigenvalue weighted by Crippen LogP contribution is -2.18. The molecule has 0 fully saturated rings. The van der Waals surface area contributed by atoms with Gasteiger partial charge in [0, 0.05) is 17.6 Å². The van der Waals surface area contributed by atoms with Gasteiger partial charge in [0.05, 0.1) is 12.7 Å². The lowest BCUT2D eigenvalue weighted by Gasteiger charge is -2.15. The molecule has 3 nitrogen and oxygen atoms in total. The summed E-state index contributed by atoms with van der Waals surface area (Å²) in [4.78, 5) is 11.4. The molecule has 0 aromatic heterocycles. The fraction of sp³-hybridized carbons (Fsp3) is 0.235. The average Bonchev–Trinajstić information content (AvgIpc) is 2.52. The molecule has 0 aliphatic heterocycles. The van der Waals surface area contributed by atoms with Crippen molar-refractivity contribution in [3.05, 3.63) is 70.2 Å². The van der Waals surface area contributed by atoms with Crippen LogP contribution >= 0.6 is 11.6 Å². The number of carbonyl (C=O) groups excluding carboxylic acids is 1. The van der Waals surface area contributed by atoms with Crippen LogP contribution < -0.4 is 5.32 Å². The van der Waals surface area contributed by atoms with Crippen LogP contribution in [0.15, 0.2) is 48.5 Å². The summed E-state index contributed by atoms with van der Waals surface area (Å²) < 4.78 is 4.68. The Hall–Kier alpha value is -1.84. The minimum absolute atomic E-state index is 0.152. The van der Waals surface area contributed by atoms with E-state index in [4.69, 9.17) is 11.6 Å². The van der Waals surface area contributed by atoms with Crippen molar-refractivity contribution in [3.63, 3.8) is 0 Å². The molecule has 110 valence electrons. The quantitative estimate of drug-likeness (QED) is 0.849. The largest absolute Gasteiger partial charge is 0.465 e. The first-order valence-corrected chi connectivity index (χ1v) is 7.14. The molecular formula is C17H18ClNO2. The molecule has 4 heteroatoms. The first-order valence-electron chi connectivity index (χ1n) is 6.77. The molecule has 2 rings (SSSR count). The number of methoxy groups -OCH3 is 1. The topological polar surface area (TPSA) is 38.3 Å². The monoisotopic (exact) mass is 303 g/mol. The molecule has 0 amide bonds. The number of ether oxygens (including phenoxy) is 1. The van der Waals surface area contributed by atoms with Gasteiger partial charge in [-0.3, -0.25) is 0 Å². The van der Waals surface area contributed by atoms with E-state index in [9.17, 15) is 4.79 Å². The van der Waals surface area contributed by atoms with Crippen molar-refractivity contribution in [2.45, 2.75) is 19.5 Å². The number of halogens is 1. The minimum Gasteiger partial charge on any atom is -0.465 e. The molecule has 21 heavy (non-hydrogen) atoms. The predicted octanol–water partition coefficient (Wildman–Crippen LogP) is 3.98. The summed E-state index contributed by atoms with van der Waals surface area (Å²) in [6.45, 7) is 2.78. The Balaban J connectivity index is 1.97. The van der Waals surface area contributed by atoms with E-state index in [1.165, 1.54) is 7.11 Å². The smallest absolute Gasteiger partial charge is 0.337 e. The Kier molecular flexibility index (Phi) is 5.37. The van der Waals surface area contributed by atoms with Crippen molar-refractivity contribution >= 4 is 17.6 Å². The summed E-state index contributed by atoms with van der Waals surface area (Å²) >= 11 is 6.18. The van der Waals surface area contributed by atoms with Crippen molar-refractivity contribution in [2.24, 2.45) is 0 Å². The molecule has 0 aliphatic rings. The molecule has 0 radical (unpaired) electrons. The van der Waals surface area contributed by atoms with Crippen LogP contribution in [0, 0.1) is 0 Å². The molecule has 1 unspecified atom stereocenters. The molecule has 0 bridgehead atoms. The highest BCUT2D eigenvalue weighted by atomic mass is 35.5. The van der Waals surface area contributed by atoms with E-state index in [0.29, 0.717) is 12.1 Å². The van der Waals surface area contributed by atoms with E-state index in [1.807, 2.05) is 36.4 Å². The number of hydrogen-bond acceptors (Lipinski definition) is 3. The molecule has 1 N–H and O–H groups in total. The number of nitrogens with one attached hydrogen (secondary N) is 1. The average molecular weight is 304 g/mol. The fourth-order valence-electron chi connectivity index (χ4n) is 2.08. The normalized spacial score (nSPS) is 12.0. The lowest BCUT2D eigenvalue weighted by atomic mass is 10.1. The predicted molar refractivity (Wildman–Crippen MR) is 84.5 cm³/mol. The van der Waals surface area contributed by atoms with Gasteiger partial charge in [0.2, 0.25) is 0 Å². The first-order chi connectivity index (χ1) is 10.1. The number of benzene rings is 2. The van der Waals surface area contributed by atoms with Gasteiger partial charge in [-0.05, 0) is 36.2 Å². The van der Waals surface area contributed by atoms with E-state index in [-0.39, 0.29) is 12.0 Å². The second-order valence-corrected chi connectivity index (χ2v) is 5.22. The van der Waals surface area contributed by atoms with Crippen LogP contribution in [0.5, 0.6) is 0 Å². The summed E-state index contributed by atoms with van der Waals surface area (Å²) in [6, 6.07) is 15.3. The molecule has 0 saturated carbocycles. The Bertz CT molecular complexity index is 610. The molecule has 0 aliphatic carbocycles. The van der Waals surface area contributed by atoms with Crippen molar-refractivity contribution in [3.8, 4) is 0 Å². The highest BCUT2D eigenvalue weighted by Crippen LogP contribution is 2.22. The molecule has 2 aromatic carbocycles. The summed E-state index contributed by atoms with van der Waals surface area (Å²) in [5.41, 5.74) is 2.73. The number of rotatable bonds is 5. The van der Waals surface area contributed by atoms with Crippen molar-refractivity contribution in [2.75, 3.05) is 7.11 Å². The van der Waals surface area contributed by atoms with E-state index in [2.05, 4.69) is 17.0 Å². The number of carbonyl (C=O) groups is 1. The molecule has 0 spiro atoms.